The van der Waals surface area contributed by atoms with Gasteiger partial charge >= 0.3 is 11.9 Å². The van der Waals surface area contributed by atoms with Gasteiger partial charge in [0.15, 0.2) is 5.92 Å². The first kappa shape index (κ1) is 16.5. The third-order valence-corrected chi connectivity index (χ3v) is 3.42. The Bertz CT molecular complexity index is 490. The van der Waals surface area contributed by atoms with Gasteiger partial charge < -0.3 is 14.2 Å². The first-order valence-electron chi connectivity index (χ1n) is 7.67. The molecule has 122 valence electrons. The van der Waals surface area contributed by atoms with Crippen molar-refractivity contribution < 1.29 is 23.8 Å². The Balaban J connectivity index is 2.18. The van der Waals surface area contributed by atoms with E-state index in [1.807, 2.05) is 0 Å². The van der Waals surface area contributed by atoms with Crippen LogP contribution in [-0.4, -0.2) is 41.5 Å². The zero-order chi connectivity index (χ0) is 15.9. The zero-order valence-corrected chi connectivity index (χ0v) is 13.0. The Labute approximate surface area is 129 Å². The van der Waals surface area contributed by atoms with Crippen molar-refractivity contribution in [2.24, 2.45) is 0 Å². The third kappa shape index (κ3) is 3.85. The summed E-state index contributed by atoms with van der Waals surface area (Å²) >= 11 is 0. The van der Waals surface area contributed by atoms with Gasteiger partial charge in [0.1, 0.15) is 6.23 Å². The van der Waals surface area contributed by atoms with Crippen molar-refractivity contribution in [3.05, 3.63) is 18.0 Å². The number of hydrogen-bond donors (Lipinski definition) is 0. The highest BCUT2D eigenvalue weighted by Gasteiger charge is 2.34. The molecule has 0 N–H and O–H groups in total. The summed E-state index contributed by atoms with van der Waals surface area (Å²) in [5, 5.41) is 4.33. The Hall–Kier alpha value is -1.89. The van der Waals surface area contributed by atoms with Crippen molar-refractivity contribution in [2.45, 2.75) is 45.3 Å². The van der Waals surface area contributed by atoms with Crippen molar-refractivity contribution in [1.82, 2.24) is 9.78 Å². The fraction of sp³-hybridized carbons (Fsp3) is 0.667. The fourth-order valence-corrected chi connectivity index (χ4v) is 2.39. The molecule has 0 radical (unpaired) electrons. The van der Waals surface area contributed by atoms with Crippen LogP contribution in [0.4, 0.5) is 0 Å². The van der Waals surface area contributed by atoms with Gasteiger partial charge in [-0.05, 0) is 39.2 Å². The first-order chi connectivity index (χ1) is 10.7. The molecule has 1 aromatic heterocycles. The van der Waals surface area contributed by atoms with Crippen LogP contribution in [0.2, 0.25) is 0 Å². The van der Waals surface area contributed by atoms with E-state index in [2.05, 4.69) is 5.10 Å². The summed E-state index contributed by atoms with van der Waals surface area (Å²) in [7, 11) is 0. The van der Waals surface area contributed by atoms with Gasteiger partial charge in [-0.1, -0.05) is 0 Å². The van der Waals surface area contributed by atoms with Crippen molar-refractivity contribution in [3.8, 4) is 0 Å². The summed E-state index contributed by atoms with van der Waals surface area (Å²) in [6.07, 6.45) is 4.55. The summed E-state index contributed by atoms with van der Waals surface area (Å²) in [5.74, 6) is -2.43. The number of ether oxygens (including phenoxy) is 3. The average molecular weight is 310 g/mol. The molecule has 0 aliphatic carbocycles. The van der Waals surface area contributed by atoms with Gasteiger partial charge in [0, 0.05) is 12.8 Å². The molecule has 22 heavy (non-hydrogen) atoms. The molecule has 0 bridgehead atoms. The van der Waals surface area contributed by atoms with Crippen LogP contribution in [0.5, 0.6) is 0 Å². The molecule has 1 fully saturated rings. The van der Waals surface area contributed by atoms with E-state index in [9.17, 15) is 9.59 Å². The van der Waals surface area contributed by atoms with Gasteiger partial charge in [-0.3, -0.25) is 9.59 Å². The predicted octanol–water partition coefficient (Wildman–Crippen LogP) is 1.79. The van der Waals surface area contributed by atoms with Gasteiger partial charge in [-0.25, -0.2) is 4.68 Å². The standard InChI is InChI=1S/C15H22N2O5/c1-3-20-14(18)13(15(19)21-4-2)11-8-9-17(16-11)12-7-5-6-10-22-12/h8-9,12-13H,3-7,10H2,1-2H3. The van der Waals surface area contributed by atoms with Gasteiger partial charge in [-0.15, -0.1) is 0 Å². The molecule has 2 rings (SSSR count). The largest absolute Gasteiger partial charge is 0.465 e. The number of aromatic nitrogens is 2. The predicted molar refractivity (Wildman–Crippen MR) is 77.1 cm³/mol. The highest BCUT2D eigenvalue weighted by atomic mass is 16.6. The molecule has 0 spiro atoms. The Morgan fingerprint density at radius 2 is 2.00 bits per heavy atom. The Morgan fingerprint density at radius 3 is 2.55 bits per heavy atom. The smallest absolute Gasteiger partial charge is 0.326 e. The Kier molecular flexibility index (Phi) is 5.94. The monoisotopic (exact) mass is 310 g/mol. The lowest BCUT2D eigenvalue weighted by atomic mass is 10.1. The molecule has 1 saturated heterocycles. The average Bonchev–Trinajstić information content (AvgIpc) is 2.98. The molecule has 7 nitrogen and oxygen atoms in total. The highest BCUT2D eigenvalue weighted by Crippen LogP contribution is 2.24. The topological polar surface area (TPSA) is 79.7 Å². The second kappa shape index (κ2) is 7.93. The van der Waals surface area contributed by atoms with Crippen LogP contribution in [0.15, 0.2) is 12.3 Å². The molecule has 2 heterocycles. The van der Waals surface area contributed by atoms with E-state index in [1.165, 1.54) is 0 Å². The van der Waals surface area contributed by atoms with Crippen LogP contribution < -0.4 is 0 Å². The second-order valence-corrected chi connectivity index (χ2v) is 4.98. The van der Waals surface area contributed by atoms with E-state index < -0.39 is 17.9 Å². The quantitative estimate of drug-likeness (QED) is 0.589. The van der Waals surface area contributed by atoms with Crippen LogP contribution in [0.25, 0.3) is 0 Å². The van der Waals surface area contributed by atoms with Crippen molar-refractivity contribution in [2.75, 3.05) is 19.8 Å². The summed E-state index contributed by atoms with van der Waals surface area (Å²) in [6.45, 7) is 4.46. The number of nitrogens with zero attached hydrogens (tertiary/aromatic N) is 2. The van der Waals surface area contributed by atoms with Crippen molar-refractivity contribution in [1.29, 1.82) is 0 Å². The van der Waals surface area contributed by atoms with Gasteiger partial charge in [0.2, 0.25) is 0 Å². The minimum atomic E-state index is -1.15. The summed E-state index contributed by atoms with van der Waals surface area (Å²) < 4.78 is 17.2. The lowest BCUT2D eigenvalue weighted by Crippen LogP contribution is -2.27. The molecule has 1 atom stereocenters. The maximum absolute atomic E-state index is 12.0. The minimum Gasteiger partial charge on any atom is -0.465 e. The van der Waals surface area contributed by atoms with Crippen LogP contribution in [-0.2, 0) is 23.8 Å². The first-order valence-corrected chi connectivity index (χ1v) is 7.67. The van der Waals surface area contributed by atoms with E-state index in [4.69, 9.17) is 14.2 Å². The highest BCUT2D eigenvalue weighted by molar-refractivity contribution is 6.00. The third-order valence-electron chi connectivity index (χ3n) is 3.42. The van der Waals surface area contributed by atoms with Crippen LogP contribution in [0, 0.1) is 0 Å². The number of hydrogen-bond acceptors (Lipinski definition) is 6. The number of rotatable bonds is 6. The van der Waals surface area contributed by atoms with Crippen molar-refractivity contribution in [3.63, 3.8) is 0 Å². The molecular weight excluding hydrogens is 288 g/mol. The number of esters is 2. The van der Waals surface area contributed by atoms with Crippen molar-refractivity contribution >= 4 is 11.9 Å². The van der Waals surface area contributed by atoms with Gasteiger partial charge in [-0.2, -0.15) is 5.10 Å². The normalized spacial score (nSPS) is 18.2. The maximum Gasteiger partial charge on any atom is 0.326 e. The maximum atomic E-state index is 12.0. The summed E-state index contributed by atoms with van der Waals surface area (Å²) in [4.78, 5) is 24.1. The van der Waals surface area contributed by atoms with E-state index in [1.54, 1.807) is 30.8 Å². The molecule has 0 saturated carbocycles. The van der Waals surface area contributed by atoms with E-state index in [-0.39, 0.29) is 19.4 Å². The molecule has 0 amide bonds. The van der Waals surface area contributed by atoms with Gasteiger partial charge in [0.25, 0.3) is 0 Å². The molecule has 1 aliphatic rings. The van der Waals surface area contributed by atoms with Gasteiger partial charge in [0.05, 0.1) is 18.9 Å². The summed E-state index contributed by atoms with van der Waals surface area (Å²) in [5.41, 5.74) is 0.325. The number of carbonyl (C=O) groups excluding carboxylic acids is 2. The van der Waals surface area contributed by atoms with Crippen LogP contribution in [0.3, 0.4) is 0 Å². The van der Waals surface area contributed by atoms with E-state index >= 15 is 0 Å². The molecule has 1 aliphatic heterocycles. The lowest BCUT2D eigenvalue weighted by molar-refractivity contribution is -0.157. The second-order valence-electron chi connectivity index (χ2n) is 4.98. The number of carbonyl (C=O) groups is 2. The molecule has 1 aromatic rings. The molecule has 1 unspecified atom stereocenters. The molecular formula is C15H22N2O5. The molecule has 7 heteroatoms. The van der Waals surface area contributed by atoms with E-state index in [0.717, 1.165) is 19.3 Å². The fourth-order valence-electron chi connectivity index (χ4n) is 2.39. The Morgan fingerprint density at radius 1 is 1.32 bits per heavy atom. The minimum absolute atomic E-state index is 0.146. The van der Waals surface area contributed by atoms with E-state index in [0.29, 0.717) is 12.3 Å². The summed E-state index contributed by atoms with van der Waals surface area (Å²) in [6, 6.07) is 1.64. The zero-order valence-electron chi connectivity index (χ0n) is 13.0. The lowest BCUT2D eigenvalue weighted by Gasteiger charge is -2.22. The SMILES string of the molecule is CCOC(=O)C(C(=O)OCC)c1ccn(C2CCCCO2)n1. The van der Waals surface area contributed by atoms with Crippen LogP contribution >= 0.6 is 0 Å². The molecule has 0 aromatic carbocycles. The van der Waals surface area contributed by atoms with Crippen LogP contribution in [0.1, 0.15) is 50.9 Å².